The fourth-order valence-electron chi connectivity index (χ4n) is 0.271. The third kappa shape index (κ3) is 3.85. The van der Waals surface area contributed by atoms with Crippen molar-refractivity contribution in [3.63, 3.8) is 0 Å². The zero-order valence-corrected chi connectivity index (χ0v) is 5.97. The fourth-order valence-corrected chi connectivity index (χ4v) is 0.271. The molecular weight excluding hydrogens is 134 g/mol. The second kappa shape index (κ2) is 3.84. The molecule has 4 N–H and O–H groups in total. The number of nitrogens with one attached hydrogen (secondary N) is 2. The van der Waals surface area contributed by atoms with Crippen molar-refractivity contribution < 1.29 is 9.59 Å². The van der Waals surface area contributed by atoms with E-state index in [4.69, 9.17) is 0 Å². The van der Waals surface area contributed by atoms with Gasteiger partial charge in [-0.1, -0.05) is 0 Å². The van der Waals surface area contributed by atoms with Crippen LogP contribution in [-0.2, 0) is 9.59 Å². The zero-order chi connectivity index (χ0) is 8.15. The van der Waals surface area contributed by atoms with Gasteiger partial charge < -0.3 is 5.73 Å². The molecule has 0 bridgehead atoms. The van der Waals surface area contributed by atoms with Gasteiger partial charge >= 0.3 is 11.8 Å². The van der Waals surface area contributed by atoms with E-state index < -0.39 is 11.8 Å². The smallest absolute Gasteiger partial charge is 0.323 e. The number of hydrogen-bond acceptors (Lipinski definition) is 3. The van der Waals surface area contributed by atoms with Crippen LogP contribution < -0.4 is 16.6 Å². The topological polar surface area (TPSA) is 84.2 Å². The number of rotatable bonds is 2. The molecule has 0 radical (unpaired) electrons. The Labute approximate surface area is 58.9 Å². The Kier molecular flexibility index (Phi) is 3.42. The average molecular weight is 145 g/mol. The number of hydrazine groups is 1. The molecule has 2 amide bonds. The summed E-state index contributed by atoms with van der Waals surface area (Å²) in [4.78, 5) is 20.5. The van der Waals surface area contributed by atoms with Crippen LogP contribution in [0.3, 0.4) is 0 Å². The maximum absolute atomic E-state index is 10.4. The minimum Gasteiger partial charge on any atom is -0.361 e. The monoisotopic (exact) mass is 145 g/mol. The molecule has 0 aromatic heterocycles. The van der Waals surface area contributed by atoms with Gasteiger partial charge in [0.05, 0.1) is 0 Å². The van der Waals surface area contributed by atoms with E-state index in [0.29, 0.717) is 0 Å². The van der Waals surface area contributed by atoms with Gasteiger partial charge in [0.25, 0.3) is 0 Å². The zero-order valence-electron chi connectivity index (χ0n) is 5.97. The number of amides is 2. The van der Waals surface area contributed by atoms with Crippen LogP contribution in [0.4, 0.5) is 0 Å². The summed E-state index contributed by atoms with van der Waals surface area (Å²) in [7, 11) is 0. The van der Waals surface area contributed by atoms with Gasteiger partial charge in [-0.15, -0.1) is 0 Å². The Hall–Kier alpha value is -1.10. The molecule has 0 saturated heterocycles. The van der Waals surface area contributed by atoms with Crippen molar-refractivity contribution in [3.05, 3.63) is 0 Å². The van der Waals surface area contributed by atoms with E-state index in [0.717, 1.165) is 0 Å². The first kappa shape index (κ1) is 8.90. The first-order valence-corrected chi connectivity index (χ1v) is 2.89. The molecule has 0 atom stereocenters. The van der Waals surface area contributed by atoms with Gasteiger partial charge in [-0.3, -0.25) is 15.0 Å². The maximum atomic E-state index is 10.4. The lowest BCUT2D eigenvalue weighted by Gasteiger charge is -2.06. The molecule has 0 aromatic rings. The van der Waals surface area contributed by atoms with Gasteiger partial charge in [0.2, 0.25) is 0 Å². The van der Waals surface area contributed by atoms with E-state index in [1.165, 1.54) is 0 Å². The Morgan fingerprint density at radius 1 is 1.40 bits per heavy atom. The normalized spacial score (nSPS) is 9.50. The van der Waals surface area contributed by atoms with Crippen LogP contribution in [0.1, 0.15) is 13.8 Å². The number of primary amides is 1. The summed E-state index contributed by atoms with van der Waals surface area (Å²) in [6, 6.07) is 0.0864. The standard InChI is InChI=1S/C5H11N3O2/c1-3(2)7-8-5(10)4(6)9/h3,7H,1-2H3,(H2,6,9)(H,8,10). The van der Waals surface area contributed by atoms with Crippen molar-refractivity contribution in [2.24, 2.45) is 5.73 Å². The molecule has 0 fully saturated rings. The molecule has 0 unspecified atom stereocenters. The molecule has 0 aliphatic heterocycles. The van der Waals surface area contributed by atoms with Crippen molar-refractivity contribution in [3.8, 4) is 0 Å². The Morgan fingerprint density at radius 3 is 2.20 bits per heavy atom. The van der Waals surface area contributed by atoms with Crippen LogP contribution >= 0.6 is 0 Å². The Morgan fingerprint density at radius 2 is 1.90 bits per heavy atom. The van der Waals surface area contributed by atoms with E-state index in [2.05, 4.69) is 16.6 Å². The first-order valence-electron chi connectivity index (χ1n) is 2.89. The largest absolute Gasteiger partial charge is 0.361 e. The van der Waals surface area contributed by atoms with Crippen LogP contribution in [0, 0.1) is 0 Å². The van der Waals surface area contributed by atoms with Gasteiger partial charge in [-0.25, -0.2) is 5.43 Å². The molecule has 0 aliphatic rings. The van der Waals surface area contributed by atoms with E-state index in [-0.39, 0.29) is 6.04 Å². The fraction of sp³-hybridized carbons (Fsp3) is 0.600. The summed E-state index contributed by atoms with van der Waals surface area (Å²) < 4.78 is 0. The summed E-state index contributed by atoms with van der Waals surface area (Å²) in [6.45, 7) is 3.64. The highest BCUT2D eigenvalue weighted by molar-refractivity contribution is 6.34. The highest BCUT2D eigenvalue weighted by Gasteiger charge is 2.06. The summed E-state index contributed by atoms with van der Waals surface area (Å²) in [6.07, 6.45) is 0. The molecule has 5 heteroatoms. The molecule has 10 heavy (non-hydrogen) atoms. The first-order chi connectivity index (χ1) is 4.54. The highest BCUT2D eigenvalue weighted by Crippen LogP contribution is 1.70. The van der Waals surface area contributed by atoms with Crippen LogP contribution in [0.25, 0.3) is 0 Å². The van der Waals surface area contributed by atoms with Crippen LogP contribution in [-0.4, -0.2) is 17.9 Å². The van der Waals surface area contributed by atoms with Crippen molar-refractivity contribution in [1.29, 1.82) is 0 Å². The van der Waals surface area contributed by atoms with Crippen LogP contribution in [0.5, 0.6) is 0 Å². The molecule has 0 spiro atoms. The lowest BCUT2D eigenvalue weighted by Crippen LogP contribution is -2.47. The Bertz CT molecular complexity index is 144. The van der Waals surface area contributed by atoms with E-state index in [1.54, 1.807) is 0 Å². The van der Waals surface area contributed by atoms with Crippen molar-refractivity contribution in [1.82, 2.24) is 10.9 Å². The summed E-state index contributed by atoms with van der Waals surface area (Å²) in [5.41, 5.74) is 9.28. The van der Waals surface area contributed by atoms with Crippen LogP contribution in [0.2, 0.25) is 0 Å². The Balaban J connectivity index is 3.50. The third-order valence-electron chi connectivity index (χ3n) is 0.698. The average Bonchev–Trinajstić information content (AvgIpc) is 1.82. The second-order valence-corrected chi connectivity index (χ2v) is 2.12. The molecule has 5 nitrogen and oxygen atoms in total. The molecule has 58 valence electrons. The molecule has 0 aliphatic carbocycles. The van der Waals surface area contributed by atoms with Crippen LogP contribution in [0.15, 0.2) is 0 Å². The van der Waals surface area contributed by atoms with Gasteiger partial charge in [-0.2, -0.15) is 0 Å². The third-order valence-corrected chi connectivity index (χ3v) is 0.698. The lowest BCUT2D eigenvalue weighted by atomic mass is 10.4. The van der Waals surface area contributed by atoms with Gasteiger partial charge in [0, 0.05) is 6.04 Å². The summed E-state index contributed by atoms with van der Waals surface area (Å²) in [5, 5.41) is 0. The minimum atomic E-state index is -0.992. The van der Waals surface area contributed by atoms with Gasteiger partial charge in [0.15, 0.2) is 0 Å². The number of carbonyl (C=O) groups is 2. The van der Waals surface area contributed by atoms with Crippen molar-refractivity contribution >= 4 is 11.8 Å². The van der Waals surface area contributed by atoms with Gasteiger partial charge in [-0.05, 0) is 13.8 Å². The second-order valence-electron chi connectivity index (χ2n) is 2.12. The van der Waals surface area contributed by atoms with Crippen molar-refractivity contribution in [2.75, 3.05) is 0 Å². The lowest BCUT2D eigenvalue weighted by molar-refractivity contribution is -0.138. The molecule has 0 saturated carbocycles. The van der Waals surface area contributed by atoms with E-state index in [1.807, 2.05) is 13.8 Å². The molecular formula is C5H11N3O2. The predicted molar refractivity (Wildman–Crippen MR) is 35.6 cm³/mol. The maximum Gasteiger partial charge on any atom is 0.323 e. The molecule has 0 heterocycles. The summed E-state index contributed by atoms with van der Waals surface area (Å²) in [5.74, 6) is -1.82. The predicted octanol–water partition coefficient (Wildman–Crippen LogP) is -1.50. The number of nitrogens with two attached hydrogens (primary N) is 1. The number of hydrogen-bond donors (Lipinski definition) is 3. The number of carbonyl (C=O) groups excluding carboxylic acids is 2. The van der Waals surface area contributed by atoms with E-state index >= 15 is 0 Å². The molecule has 0 aromatic carbocycles. The van der Waals surface area contributed by atoms with Crippen molar-refractivity contribution in [2.45, 2.75) is 19.9 Å². The quantitative estimate of drug-likeness (QED) is 0.326. The SMILES string of the molecule is CC(C)NNC(=O)C(N)=O. The minimum absolute atomic E-state index is 0.0864. The summed E-state index contributed by atoms with van der Waals surface area (Å²) >= 11 is 0. The highest BCUT2D eigenvalue weighted by atomic mass is 16.2. The van der Waals surface area contributed by atoms with E-state index in [9.17, 15) is 9.59 Å². The van der Waals surface area contributed by atoms with Gasteiger partial charge in [0.1, 0.15) is 0 Å². The molecule has 0 rings (SSSR count).